The highest BCUT2D eigenvalue weighted by atomic mass is 127. The molecule has 29 heavy (non-hydrogen) atoms. The van der Waals surface area contributed by atoms with Crippen molar-refractivity contribution in [3.8, 4) is 0 Å². The molecule has 1 saturated heterocycles. The summed E-state index contributed by atoms with van der Waals surface area (Å²) in [6, 6.07) is 10.8. The van der Waals surface area contributed by atoms with Crippen LogP contribution >= 0.6 is 39.9 Å². The molecule has 1 aliphatic heterocycles. The van der Waals surface area contributed by atoms with E-state index in [1.807, 2.05) is 7.05 Å². The van der Waals surface area contributed by atoms with Crippen molar-refractivity contribution in [1.29, 1.82) is 0 Å². The van der Waals surface area contributed by atoms with E-state index in [1.165, 1.54) is 16.8 Å². The molecule has 6 nitrogen and oxygen atoms in total. The number of aliphatic imine (C=N–C) groups is 1. The molecule has 0 saturated carbocycles. The highest BCUT2D eigenvalue weighted by Gasteiger charge is 2.14. The number of nitrogens with zero attached hydrogens (tertiary/aromatic N) is 4. The Morgan fingerprint density at radius 3 is 2.55 bits per heavy atom. The Balaban J connectivity index is 0.00000300. The second-order valence-corrected chi connectivity index (χ2v) is 8.09. The predicted molar refractivity (Wildman–Crippen MR) is 133 cm³/mol. The lowest BCUT2D eigenvalue weighted by Crippen LogP contribution is -2.39. The quantitative estimate of drug-likeness (QED) is 0.326. The van der Waals surface area contributed by atoms with Crippen molar-refractivity contribution in [3.63, 3.8) is 0 Å². The number of guanidine groups is 1. The summed E-state index contributed by atoms with van der Waals surface area (Å²) in [6.45, 7) is 6.16. The van der Waals surface area contributed by atoms with E-state index >= 15 is 0 Å². The zero-order valence-corrected chi connectivity index (χ0v) is 21.3. The van der Waals surface area contributed by atoms with Gasteiger partial charge in [0.25, 0.3) is 0 Å². The number of halogens is 2. The fourth-order valence-electron chi connectivity index (χ4n) is 3.48. The Labute approximate surface area is 199 Å². The molecule has 0 radical (unpaired) electrons. The number of hydrogen-bond acceptors (Lipinski definition) is 3. The molecule has 0 amide bonds. The van der Waals surface area contributed by atoms with Crippen molar-refractivity contribution in [2.45, 2.75) is 19.6 Å². The molecule has 1 aliphatic rings. The summed E-state index contributed by atoms with van der Waals surface area (Å²) in [5, 5.41) is 3.52. The Kier molecular flexibility index (Phi) is 9.94. The van der Waals surface area contributed by atoms with Gasteiger partial charge in [0.1, 0.15) is 0 Å². The van der Waals surface area contributed by atoms with Crippen molar-refractivity contribution in [2.75, 3.05) is 40.4 Å². The normalized spacial score (nSPS) is 15.1. The minimum atomic E-state index is 0. The number of aromatic nitrogens is 1. The molecule has 0 atom stereocenters. The SMILES string of the molecule is CN=C(NCc1ccccc1CN1CCOCC1)N(C)Cc1cc(Br)cn1C.I. The van der Waals surface area contributed by atoms with Gasteiger partial charge in [0.15, 0.2) is 5.96 Å². The summed E-state index contributed by atoms with van der Waals surface area (Å²) < 4.78 is 8.69. The van der Waals surface area contributed by atoms with Crippen LogP contribution in [-0.2, 0) is 31.4 Å². The molecular formula is C21H31BrIN5O. The molecular weight excluding hydrogens is 545 g/mol. The van der Waals surface area contributed by atoms with E-state index in [1.54, 1.807) is 0 Å². The summed E-state index contributed by atoms with van der Waals surface area (Å²) in [4.78, 5) is 9.06. The molecule has 1 fully saturated rings. The average molecular weight is 576 g/mol. The molecule has 3 rings (SSSR count). The van der Waals surface area contributed by atoms with E-state index in [4.69, 9.17) is 4.74 Å². The zero-order valence-electron chi connectivity index (χ0n) is 17.4. The summed E-state index contributed by atoms with van der Waals surface area (Å²) in [5.41, 5.74) is 3.90. The minimum absolute atomic E-state index is 0. The van der Waals surface area contributed by atoms with Crippen LogP contribution in [0.3, 0.4) is 0 Å². The van der Waals surface area contributed by atoms with E-state index in [2.05, 4.69) is 91.2 Å². The van der Waals surface area contributed by atoms with Crippen LogP contribution in [0.4, 0.5) is 0 Å². The van der Waals surface area contributed by atoms with Gasteiger partial charge in [-0.25, -0.2) is 0 Å². The van der Waals surface area contributed by atoms with Gasteiger partial charge in [0, 0.05) is 63.7 Å². The maximum absolute atomic E-state index is 5.47. The standard InChI is InChI=1S/C21H30BrN5O.HI/c1-23-21(26(3)16-20-12-19(22)15-25(20)2)24-13-17-6-4-5-7-18(17)14-27-8-10-28-11-9-27;/h4-7,12,15H,8-11,13-14,16H2,1-3H3,(H,23,24);1H. The van der Waals surface area contributed by atoms with Crippen LogP contribution in [0, 0.1) is 0 Å². The monoisotopic (exact) mass is 575 g/mol. The van der Waals surface area contributed by atoms with Gasteiger partial charge in [-0.05, 0) is 33.1 Å². The molecule has 0 aliphatic carbocycles. The number of nitrogens with one attached hydrogen (secondary N) is 1. The van der Waals surface area contributed by atoms with Crippen LogP contribution in [-0.4, -0.2) is 60.7 Å². The van der Waals surface area contributed by atoms with Crippen molar-refractivity contribution in [1.82, 2.24) is 19.7 Å². The Bertz CT molecular complexity index is 804. The van der Waals surface area contributed by atoms with Crippen LogP contribution in [0.2, 0.25) is 0 Å². The van der Waals surface area contributed by atoms with Crippen LogP contribution < -0.4 is 5.32 Å². The third-order valence-electron chi connectivity index (χ3n) is 5.10. The molecule has 1 aromatic heterocycles. The highest BCUT2D eigenvalue weighted by molar-refractivity contribution is 14.0. The summed E-state index contributed by atoms with van der Waals surface area (Å²) in [6.07, 6.45) is 2.07. The Morgan fingerprint density at radius 2 is 1.93 bits per heavy atom. The first-order valence-electron chi connectivity index (χ1n) is 9.66. The van der Waals surface area contributed by atoms with E-state index < -0.39 is 0 Å². The van der Waals surface area contributed by atoms with Gasteiger partial charge >= 0.3 is 0 Å². The molecule has 1 N–H and O–H groups in total. The van der Waals surface area contributed by atoms with Crippen LogP contribution in [0.25, 0.3) is 0 Å². The fraction of sp³-hybridized carbons (Fsp3) is 0.476. The smallest absolute Gasteiger partial charge is 0.194 e. The van der Waals surface area contributed by atoms with Crippen molar-refractivity contribution < 1.29 is 4.74 Å². The summed E-state index contributed by atoms with van der Waals surface area (Å²) in [5.74, 6) is 0.887. The van der Waals surface area contributed by atoms with Gasteiger partial charge in [-0.3, -0.25) is 9.89 Å². The molecule has 8 heteroatoms. The third kappa shape index (κ3) is 6.97. The lowest BCUT2D eigenvalue weighted by atomic mass is 10.1. The number of aryl methyl sites for hydroxylation is 1. The van der Waals surface area contributed by atoms with E-state index in [9.17, 15) is 0 Å². The molecule has 2 aromatic rings. The van der Waals surface area contributed by atoms with E-state index in [-0.39, 0.29) is 24.0 Å². The van der Waals surface area contributed by atoms with Crippen molar-refractivity contribution >= 4 is 45.9 Å². The van der Waals surface area contributed by atoms with Crippen LogP contribution in [0.5, 0.6) is 0 Å². The zero-order chi connectivity index (χ0) is 19.9. The summed E-state index contributed by atoms with van der Waals surface area (Å²) in [7, 11) is 5.96. The Hall–Kier alpha value is -1.10. The highest BCUT2D eigenvalue weighted by Crippen LogP contribution is 2.16. The number of ether oxygens (including phenoxy) is 1. The van der Waals surface area contributed by atoms with Gasteiger partial charge in [0.2, 0.25) is 0 Å². The molecule has 160 valence electrons. The molecule has 1 aromatic carbocycles. The topological polar surface area (TPSA) is 45.0 Å². The van der Waals surface area contributed by atoms with Crippen LogP contribution in [0.1, 0.15) is 16.8 Å². The first kappa shape index (κ1) is 24.2. The fourth-order valence-corrected chi connectivity index (χ4v) is 4.06. The summed E-state index contributed by atoms with van der Waals surface area (Å²) >= 11 is 3.54. The van der Waals surface area contributed by atoms with Gasteiger partial charge < -0.3 is 19.5 Å². The average Bonchev–Trinajstić information content (AvgIpc) is 3.01. The van der Waals surface area contributed by atoms with Gasteiger partial charge in [0.05, 0.1) is 19.8 Å². The van der Waals surface area contributed by atoms with Crippen molar-refractivity contribution in [3.05, 3.63) is 57.8 Å². The maximum atomic E-state index is 5.47. The molecule has 2 heterocycles. The lowest BCUT2D eigenvalue weighted by molar-refractivity contribution is 0.0341. The minimum Gasteiger partial charge on any atom is -0.379 e. The van der Waals surface area contributed by atoms with Gasteiger partial charge in [-0.2, -0.15) is 0 Å². The first-order chi connectivity index (χ1) is 13.6. The number of rotatable bonds is 6. The van der Waals surface area contributed by atoms with E-state index in [0.29, 0.717) is 0 Å². The molecule has 0 bridgehead atoms. The third-order valence-corrected chi connectivity index (χ3v) is 5.53. The lowest BCUT2D eigenvalue weighted by Gasteiger charge is -2.28. The largest absolute Gasteiger partial charge is 0.379 e. The maximum Gasteiger partial charge on any atom is 0.194 e. The van der Waals surface area contributed by atoms with Gasteiger partial charge in [-0.1, -0.05) is 24.3 Å². The number of benzene rings is 1. The molecule has 0 unspecified atom stereocenters. The van der Waals surface area contributed by atoms with Gasteiger partial charge in [-0.15, -0.1) is 24.0 Å². The second kappa shape index (κ2) is 11.9. The number of hydrogen-bond donors (Lipinski definition) is 1. The predicted octanol–water partition coefficient (Wildman–Crippen LogP) is 3.45. The number of morpholine rings is 1. The Morgan fingerprint density at radius 1 is 1.24 bits per heavy atom. The second-order valence-electron chi connectivity index (χ2n) is 7.17. The van der Waals surface area contributed by atoms with E-state index in [0.717, 1.165) is 56.4 Å². The van der Waals surface area contributed by atoms with Crippen molar-refractivity contribution in [2.24, 2.45) is 12.0 Å². The first-order valence-corrected chi connectivity index (χ1v) is 10.5. The van der Waals surface area contributed by atoms with Crippen LogP contribution in [0.15, 0.2) is 46.0 Å². The molecule has 0 spiro atoms.